The van der Waals surface area contributed by atoms with E-state index < -0.39 is 17.8 Å². The molecule has 2 aromatic heterocycles. The van der Waals surface area contributed by atoms with Crippen molar-refractivity contribution in [3.05, 3.63) is 63.8 Å². The van der Waals surface area contributed by atoms with Crippen molar-refractivity contribution < 1.29 is 23.9 Å². The zero-order chi connectivity index (χ0) is 25.9. The highest BCUT2D eigenvalue weighted by molar-refractivity contribution is 7.18. The fourth-order valence-electron chi connectivity index (χ4n) is 3.27. The Morgan fingerprint density at radius 2 is 1.80 bits per heavy atom. The maximum absolute atomic E-state index is 12.8. The molecule has 0 unspecified atom stereocenters. The van der Waals surface area contributed by atoms with Gasteiger partial charge in [-0.25, -0.2) is 9.48 Å². The van der Waals surface area contributed by atoms with Crippen molar-refractivity contribution in [2.75, 3.05) is 5.32 Å². The second kappa shape index (κ2) is 10.3. The molecular formula is C25H30N4O5S. The zero-order valence-corrected chi connectivity index (χ0v) is 21.5. The van der Waals surface area contributed by atoms with E-state index in [2.05, 4.69) is 31.2 Å². The van der Waals surface area contributed by atoms with E-state index in [4.69, 9.17) is 15.2 Å². The summed E-state index contributed by atoms with van der Waals surface area (Å²) in [6.07, 6.45) is 1.24. The molecule has 9 nitrogen and oxygen atoms in total. The van der Waals surface area contributed by atoms with E-state index in [-0.39, 0.29) is 39.4 Å². The monoisotopic (exact) mass is 498 g/mol. The molecule has 2 heterocycles. The van der Waals surface area contributed by atoms with Crippen molar-refractivity contribution >= 4 is 34.1 Å². The molecule has 3 N–H and O–H groups in total. The maximum atomic E-state index is 12.8. The Morgan fingerprint density at radius 3 is 2.37 bits per heavy atom. The molecule has 10 heteroatoms. The number of carbonyl (C=O) groups excluding carboxylic acids is 3. The lowest BCUT2D eigenvalue weighted by Crippen LogP contribution is -2.18. The van der Waals surface area contributed by atoms with Crippen LogP contribution in [-0.4, -0.2) is 33.7 Å². The molecule has 1 aromatic carbocycles. The Kier molecular flexibility index (Phi) is 7.64. The average molecular weight is 499 g/mol. The largest absolute Gasteiger partial charge is 0.471 e. The Balaban J connectivity index is 1.71. The summed E-state index contributed by atoms with van der Waals surface area (Å²) in [5.41, 5.74) is 7.26. The minimum Gasteiger partial charge on any atom is -0.471 e. The summed E-state index contributed by atoms with van der Waals surface area (Å²) in [6, 6.07) is 9.35. The lowest BCUT2D eigenvalue weighted by Gasteiger charge is -2.19. The summed E-state index contributed by atoms with van der Waals surface area (Å²) in [7, 11) is 0. The second-order valence-corrected chi connectivity index (χ2v) is 10.3. The van der Waals surface area contributed by atoms with Gasteiger partial charge in [-0.1, -0.05) is 32.9 Å². The number of carbonyl (C=O) groups is 3. The van der Waals surface area contributed by atoms with Crippen molar-refractivity contribution in [1.29, 1.82) is 0 Å². The highest BCUT2D eigenvalue weighted by atomic mass is 32.1. The van der Waals surface area contributed by atoms with Gasteiger partial charge in [0.05, 0.1) is 16.5 Å². The van der Waals surface area contributed by atoms with Gasteiger partial charge < -0.3 is 20.5 Å². The number of nitrogens with two attached hydrogens (primary N) is 1. The molecule has 0 aliphatic rings. The maximum Gasteiger partial charge on any atom is 0.341 e. The fraction of sp³-hybridized carbons (Fsp3) is 0.360. The first kappa shape index (κ1) is 26.0. The summed E-state index contributed by atoms with van der Waals surface area (Å²) in [5.74, 6) is -1.20. The number of amides is 2. The normalized spacial score (nSPS) is 11.4. The number of hydrogen-bond acceptors (Lipinski definition) is 7. The molecule has 0 bridgehead atoms. The van der Waals surface area contributed by atoms with Crippen LogP contribution < -0.4 is 15.8 Å². The third kappa shape index (κ3) is 6.27. The number of esters is 1. The van der Waals surface area contributed by atoms with Gasteiger partial charge in [-0.3, -0.25) is 9.59 Å². The standard InChI is InChI=1S/C25H30N4O5S/c1-14(2)34-24(32)19-15(3)20(21(26)30)35-23(19)27-22(31)18-11-12-29(28-18)13-33-17-9-7-16(8-10-17)25(4,5)6/h7-12,14H,13H2,1-6H3,(H2,26,30)(H,27,31). The molecule has 0 atom stereocenters. The Morgan fingerprint density at radius 1 is 1.14 bits per heavy atom. The van der Waals surface area contributed by atoms with Crippen molar-refractivity contribution in [3.8, 4) is 5.75 Å². The number of thiophene rings is 1. The lowest BCUT2D eigenvalue weighted by atomic mass is 9.87. The van der Waals surface area contributed by atoms with E-state index in [9.17, 15) is 14.4 Å². The van der Waals surface area contributed by atoms with Gasteiger partial charge in [0, 0.05) is 6.20 Å². The number of aromatic nitrogens is 2. The average Bonchev–Trinajstić information content (AvgIpc) is 3.36. The van der Waals surface area contributed by atoms with Gasteiger partial charge >= 0.3 is 5.97 Å². The minimum absolute atomic E-state index is 0.0491. The molecule has 0 spiro atoms. The fourth-order valence-corrected chi connectivity index (χ4v) is 4.31. The van der Waals surface area contributed by atoms with E-state index in [1.54, 1.807) is 27.0 Å². The predicted molar refractivity (Wildman–Crippen MR) is 134 cm³/mol. The van der Waals surface area contributed by atoms with Crippen LogP contribution in [0.25, 0.3) is 0 Å². The number of nitrogens with one attached hydrogen (secondary N) is 1. The number of hydrogen-bond donors (Lipinski definition) is 2. The first-order valence-electron chi connectivity index (χ1n) is 11.1. The first-order valence-corrected chi connectivity index (χ1v) is 11.9. The van der Waals surface area contributed by atoms with Crippen molar-refractivity contribution in [2.45, 2.75) is 59.8 Å². The Hall–Kier alpha value is -3.66. The molecule has 0 aliphatic carbocycles. The van der Waals surface area contributed by atoms with Gasteiger partial charge in [0.25, 0.3) is 11.8 Å². The predicted octanol–water partition coefficient (Wildman–Crippen LogP) is 4.50. The van der Waals surface area contributed by atoms with Crippen LogP contribution in [0.5, 0.6) is 5.75 Å². The van der Waals surface area contributed by atoms with Crippen molar-refractivity contribution in [3.63, 3.8) is 0 Å². The van der Waals surface area contributed by atoms with Crippen LogP contribution in [0, 0.1) is 6.92 Å². The van der Waals surface area contributed by atoms with Gasteiger partial charge in [-0.2, -0.15) is 5.10 Å². The zero-order valence-electron chi connectivity index (χ0n) is 20.7. The van der Waals surface area contributed by atoms with Gasteiger partial charge in [0.2, 0.25) is 0 Å². The summed E-state index contributed by atoms with van der Waals surface area (Å²) < 4.78 is 12.5. The molecule has 0 aliphatic heterocycles. The smallest absolute Gasteiger partial charge is 0.341 e. The molecular weight excluding hydrogens is 468 g/mol. The summed E-state index contributed by atoms with van der Waals surface area (Å²) >= 11 is 0.923. The second-order valence-electron chi connectivity index (χ2n) is 9.32. The van der Waals surface area contributed by atoms with Gasteiger partial charge in [0.1, 0.15) is 10.8 Å². The third-order valence-corrected chi connectivity index (χ3v) is 6.32. The van der Waals surface area contributed by atoms with Crippen LogP contribution in [-0.2, 0) is 16.9 Å². The SMILES string of the molecule is Cc1c(C(N)=O)sc(NC(=O)c2ccn(COc3ccc(C(C)(C)C)cc3)n2)c1C(=O)OC(C)C. The molecule has 2 amide bonds. The molecule has 0 fully saturated rings. The highest BCUT2D eigenvalue weighted by Crippen LogP contribution is 2.34. The van der Waals surface area contributed by atoms with E-state index in [1.165, 1.54) is 16.3 Å². The van der Waals surface area contributed by atoms with Crippen LogP contribution in [0.2, 0.25) is 0 Å². The number of anilines is 1. The number of primary amides is 1. The lowest BCUT2D eigenvalue weighted by molar-refractivity contribution is 0.0379. The topological polar surface area (TPSA) is 126 Å². The summed E-state index contributed by atoms with van der Waals surface area (Å²) in [5, 5.41) is 7.08. The molecule has 0 saturated heterocycles. The van der Waals surface area contributed by atoms with Crippen LogP contribution in [0.15, 0.2) is 36.5 Å². The van der Waals surface area contributed by atoms with E-state index in [0.29, 0.717) is 11.3 Å². The molecule has 186 valence electrons. The third-order valence-electron chi connectivity index (χ3n) is 5.10. The van der Waals surface area contributed by atoms with Crippen LogP contribution in [0.4, 0.5) is 5.00 Å². The van der Waals surface area contributed by atoms with Crippen LogP contribution in [0.3, 0.4) is 0 Å². The van der Waals surface area contributed by atoms with Gasteiger partial charge in [-0.05, 0) is 55.5 Å². The summed E-state index contributed by atoms with van der Waals surface area (Å²) in [6.45, 7) is 11.5. The van der Waals surface area contributed by atoms with Gasteiger partial charge in [-0.15, -0.1) is 11.3 Å². The number of rotatable bonds is 8. The van der Waals surface area contributed by atoms with Crippen molar-refractivity contribution in [1.82, 2.24) is 9.78 Å². The quantitative estimate of drug-likeness (QED) is 0.440. The molecule has 0 saturated carbocycles. The molecule has 3 aromatic rings. The van der Waals surface area contributed by atoms with Crippen LogP contribution >= 0.6 is 11.3 Å². The van der Waals surface area contributed by atoms with E-state index >= 15 is 0 Å². The molecule has 0 radical (unpaired) electrons. The van der Waals surface area contributed by atoms with Gasteiger partial charge in [0.15, 0.2) is 12.4 Å². The number of benzene rings is 1. The van der Waals surface area contributed by atoms with E-state index in [1.807, 2.05) is 24.3 Å². The number of nitrogens with zero attached hydrogens (tertiary/aromatic N) is 2. The highest BCUT2D eigenvalue weighted by Gasteiger charge is 2.27. The van der Waals surface area contributed by atoms with E-state index in [0.717, 1.165) is 11.3 Å². The Bertz CT molecular complexity index is 1240. The first-order chi connectivity index (χ1) is 16.4. The number of ether oxygens (including phenoxy) is 2. The Labute approximate surface area is 208 Å². The molecule has 3 rings (SSSR count). The van der Waals surface area contributed by atoms with Crippen LogP contribution in [0.1, 0.15) is 76.3 Å². The summed E-state index contributed by atoms with van der Waals surface area (Å²) in [4.78, 5) is 37.4. The van der Waals surface area contributed by atoms with Crippen molar-refractivity contribution in [2.24, 2.45) is 5.73 Å². The molecule has 35 heavy (non-hydrogen) atoms. The minimum atomic E-state index is -0.691.